The van der Waals surface area contributed by atoms with E-state index in [1.807, 2.05) is 4.90 Å². The van der Waals surface area contributed by atoms with Gasteiger partial charge >= 0.3 is 0 Å². The number of hydrogen-bond acceptors (Lipinski definition) is 3. The van der Waals surface area contributed by atoms with Gasteiger partial charge in [0, 0.05) is 36.5 Å². The van der Waals surface area contributed by atoms with E-state index in [2.05, 4.69) is 4.98 Å². The quantitative estimate of drug-likeness (QED) is 0.838. The van der Waals surface area contributed by atoms with E-state index in [1.54, 1.807) is 29.2 Å². The highest BCUT2D eigenvalue weighted by atomic mass is 19.1. The molecule has 1 aromatic carbocycles. The number of benzene rings is 1. The van der Waals surface area contributed by atoms with Crippen molar-refractivity contribution < 1.29 is 14.0 Å². The summed E-state index contributed by atoms with van der Waals surface area (Å²) in [5.41, 5.74) is 1.21. The van der Waals surface area contributed by atoms with E-state index >= 15 is 0 Å². The average Bonchev–Trinajstić information content (AvgIpc) is 3.22. The van der Waals surface area contributed by atoms with Crippen molar-refractivity contribution in [3.05, 3.63) is 54.0 Å². The molecule has 1 saturated carbocycles. The Kier molecular flexibility index (Phi) is 4.88. The summed E-state index contributed by atoms with van der Waals surface area (Å²) in [6.07, 6.45) is 6.00. The van der Waals surface area contributed by atoms with Crippen molar-refractivity contribution in [2.24, 2.45) is 0 Å². The molecular weight excluding hydrogens is 345 g/mol. The van der Waals surface area contributed by atoms with Crippen molar-refractivity contribution >= 4 is 11.8 Å². The summed E-state index contributed by atoms with van der Waals surface area (Å²) < 4.78 is 14.0. The van der Waals surface area contributed by atoms with E-state index in [0.29, 0.717) is 30.3 Å². The maximum atomic E-state index is 14.0. The third-order valence-corrected chi connectivity index (χ3v) is 5.45. The first kappa shape index (κ1) is 17.6. The maximum Gasteiger partial charge on any atom is 0.254 e. The van der Waals surface area contributed by atoms with E-state index in [1.165, 1.54) is 31.2 Å². The summed E-state index contributed by atoms with van der Waals surface area (Å²) in [6.45, 7) is 1.23. The minimum Gasteiger partial charge on any atom is -0.336 e. The summed E-state index contributed by atoms with van der Waals surface area (Å²) in [7, 11) is 0. The third-order valence-electron chi connectivity index (χ3n) is 5.45. The Morgan fingerprint density at radius 3 is 2.67 bits per heavy atom. The fourth-order valence-corrected chi connectivity index (χ4v) is 4.04. The van der Waals surface area contributed by atoms with E-state index in [9.17, 15) is 14.0 Å². The lowest BCUT2D eigenvalue weighted by Gasteiger charge is -2.37. The van der Waals surface area contributed by atoms with Crippen LogP contribution in [-0.2, 0) is 4.79 Å². The van der Waals surface area contributed by atoms with Gasteiger partial charge in [-0.1, -0.05) is 25.0 Å². The first-order chi connectivity index (χ1) is 13.1. The van der Waals surface area contributed by atoms with Crippen molar-refractivity contribution in [3.63, 3.8) is 0 Å². The van der Waals surface area contributed by atoms with Crippen LogP contribution >= 0.6 is 0 Å². The SMILES string of the molecule is O=C(c1cccc(-c2ncccc2F)c1)N1CCN(C2CCCC2)C(=O)C1. The molecule has 2 aliphatic rings. The van der Waals surface area contributed by atoms with Crippen molar-refractivity contribution in [1.82, 2.24) is 14.8 Å². The van der Waals surface area contributed by atoms with Crippen molar-refractivity contribution in [2.45, 2.75) is 31.7 Å². The number of piperazine rings is 1. The van der Waals surface area contributed by atoms with E-state index in [4.69, 9.17) is 0 Å². The van der Waals surface area contributed by atoms with Gasteiger partial charge in [-0.25, -0.2) is 4.39 Å². The highest BCUT2D eigenvalue weighted by Gasteiger charge is 2.33. The summed E-state index contributed by atoms with van der Waals surface area (Å²) >= 11 is 0. The van der Waals surface area contributed by atoms with E-state index < -0.39 is 5.82 Å². The molecule has 6 heteroatoms. The molecule has 1 saturated heterocycles. The van der Waals surface area contributed by atoms with Crippen LogP contribution in [0.3, 0.4) is 0 Å². The fraction of sp³-hybridized carbons (Fsp3) is 0.381. The number of halogens is 1. The third kappa shape index (κ3) is 3.56. The van der Waals surface area contributed by atoms with Crippen LogP contribution in [0, 0.1) is 5.82 Å². The van der Waals surface area contributed by atoms with Gasteiger partial charge < -0.3 is 9.80 Å². The van der Waals surface area contributed by atoms with Gasteiger partial charge in [0.25, 0.3) is 5.91 Å². The lowest BCUT2D eigenvalue weighted by molar-refractivity contribution is -0.137. The van der Waals surface area contributed by atoms with Gasteiger partial charge in [-0.2, -0.15) is 0 Å². The topological polar surface area (TPSA) is 53.5 Å². The molecule has 2 heterocycles. The van der Waals surface area contributed by atoms with Gasteiger partial charge in [0.1, 0.15) is 18.1 Å². The summed E-state index contributed by atoms with van der Waals surface area (Å²) in [4.78, 5) is 33.0. The Hall–Kier alpha value is -2.76. The second-order valence-corrected chi connectivity index (χ2v) is 7.17. The van der Waals surface area contributed by atoms with Crippen LogP contribution in [0.4, 0.5) is 4.39 Å². The first-order valence-corrected chi connectivity index (χ1v) is 9.43. The van der Waals surface area contributed by atoms with Crippen LogP contribution in [0.15, 0.2) is 42.6 Å². The van der Waals surface area contributed by atoms with Gasteiger partial charge in [-0.3, -0.25) is 14.6 Å². The van der Waals surface area contributed by atoms with Crippen molar-refractivity contribution in [3.8, 4) is 11.3 Å². The average molecular weight is 367 g/mol. The van der Waals surface area contributed by atoms with E-state index in [0.717, 1.165) is 12.8 Å². The Balaban J connectivity index is 1.50. The summed E-state index contributed by atoms with van der Waals surface area (Å²) in [6, 6.07) is 9.99. The minimum absolute atomic E-state index is 0.0217. The number of carbonyl (C=O) groups is 2. The van der Waals surface area contributed by atoms with Gasteiger partial charge in [0.05, 0.1) is 0 Å². The molecule has 1 aliphatic heterocycles. The highest BCUT2D eigenvalue weighted by Crippen LogP contribution is 2.26. The van der Waals surface area contributed by atoms with Crippen molar-refractivity contribution in [1.29, 1.82) is 0 Å². The molecule has 2 aromatic rings. The molecule has 27 heavy (non-hydrogen) atoms. The number of hydrogen-bond donors (Lipinski definition) is 0. The van der Waals surface area contributed by atoms with Gasteiger partial charge in [-0.05, 0) is 37.1 Å². The normalized spacial score (nSPS) is 18.2. The fourth-order valence-electron chi connectivity index (χ4n) is 4.04. The molecule has 0 spiro atoms. The number of nitrogens with zero attached hydrogens (tertiary/aromatic N) is 3. The molecule has 0 atom stereocenters. The molecule has 4 rings (SSSR count). The van der Waals surface area contributed by atoms with Crippen LogP contribution in [-0.4, -0.2) is 52.3 Å². The summed E-state index contributed by atoms with van der Waals surface area (Å²) in [5, 5.41) is 0. The number of amides is 2. The van der Waals surface area contributed by atoms with Gasteiger partial charge in [0.15, 0.2) is 0 Å². The van der Waals surface area contributed by atoms with E-state index in [-0.39, 0.29) is 24.1 Å². The Morgan fingerprint density at radius 2 is 1.93 bits per heavy atom. The molecule has 1 aromatic heterocycles. The number of pyridine rings is 1. The second kappa shape index (κ2) is 7.47. The summed E-state index contributed by atoms with van der Waals surface area (Å²) in [5.74, 6) is -0.608. The van der Waals surface area contributed by atoms with Crippen LogP contribution in [0.5, 0.6) is 0 Å². The predicted molar refractivity (Wildman–Crippen MR) is 99.5 cm³/mol. The molecule has 2 fully saturated rings. The highest BCUT2D eigenvalue weighted by molar-refractivity contribution is 5.98. The zero-order chi connectivity index (χ0) is 18.8. The lowest BCUT2D eigenvalue weighted by atomic mass is 10.1. The number of aromatic nitrogens is 1. The van der Waals surface area contributed by atoms with Gasteiger partial charge in [-0.15, -0.1) is 0 Å². The Labute approximate surface area is 157 Å². The largest absolute Gasteiger partial charge is 0.336 e. The Bertz CT molecular complexity index is 864. The number of carbonyl (C=O) groups excluding carboxylic acids is 2. The molecular formula is C21H22FN3O2. The monoisotopic (exact) mass is 367 g/mol. The molecule has 1 aliphatic carbocycles. The predicted octanol–water partition coefficient (Wildman–Crippen LogP) is 3.11. The maximum absolute atomic E-state index is 14.0. The second-order valence-electron chi connectivity index (χ2n) is 7.17. The molecule has 140 valence electrons. The number of rotatable bonds is 3. The minimum atomic E-state index is -0.428. The molecule has 2 amide bonds. The van der Waals surface area contributed by atoms with Crippen LogP contribution in [0.2, 0.25) is 0 Å². The van der Waals surface area contributed by atoms with Crippen LogP contribution in [0.25, 0.3) is 11.3 Å². The molecule has 0 bridgehead atoms. The zero-order valence-electron chi connectivity index (χ0n) is 15.1. The molecule has 0 unspecified atom stereocenters. The first-order valence-electron chi connectivity index (χ1n) is 9.43. The Morgan fingerprint density at radius 1 is 1.11 bits per heavy atom. The van der Waals surface area contributed by atoms with Crippen molar-refractivity contribution in [2.75, 3.05) is 19.6 Å². The molecule has 5 nitrogen and oxygen atoms in total. The molecule has 0 N–H and O–H groups in total. The van der Waals surface area contributed by atoms with Crippen LogP contribution < -0.4 is 0 Å². The molecule has 0 radical (unpaired) electrons. The van der Waals surface area contributed by atoms with Crippen LogP contribution in [0.1, 0.15) is 36.0 Å². The standard InChI is InChI=1S/C21H22FN3O2/c22-18-9-4-10-23-20(18)15-5-3-6-16(13-15)21(27)24-11-12-25(19(26)14-24)17-7-1-2-8-17/h3-6,9-10,13,17H,1-2,7-8,11-12,14H2. The van der Waals surface area contributed by atoms with Gasteiger partial charge in [0.2, 0.25) is 5.91 Å². The zero-order valence-corrected chi connectivity index (χ0v) is 15.1. The lowest BCUT2D eigenvalue weighted by Crippen LogP contribution is -2.54. The smallest absolute Gasteiger partial charge is 0.254 e.